The number of hydrogen-bond donors (Lipinski definition) is 2. The fraction of sp³-hybridized carbons (Fsp3) is 0.261. The van der Waals surface area contributed by atoms with Gasteiger partial charge in [0.05, 0.1) is 5.56 Å². The molecule has 3 aromatic rings. The van der Waals surface area contributed by atoms with Crippen molar-refractivity contribution in [3.63, 3.8) is 0 Å². The van der Waals surface area contributed by atoms with Gasteiger partial charge in [0.2, 0.25) is 0 Å². The third-order valence-electron chi connectivity index (χ3n) is 5.11. The summed E-state index contributed by atoms with van der Waals surface area (Å²) in [6.07, 6.45) is 6.03. The minimum Gasteiger partial charge on any atom is -0.383 e. The molecule has 0 amide bonds. The van der Waals surface area contributed by atoms with E-state index in [-0.39, 0.29) is 11.6 Å². The molecule has 1 aliphatic carbocycles. The first-order valence-electron chi connectivity index (χ1n) is 9.57. The molecule has 1 aliphatic rings. The lowest BCUT2D eigenvalue weighted by Gasteiger charge is -2.21. The lowest BCUT2D eigenvalue weighted by molar-refractivity contribution is 0.354. The van der Waals surface area contributed by atoms with Gasteiger partial charge in [-0.25, -0.2) is 0 Å². The van der Waals surface area contributed by atoms with Crippen molar-refractivity contribution in [2.75, 3.05) is 6.54 Å². The molecule has 0 aliphatic heterocycles. The predicted octanol–water partition coefficient (Wildman–Crippen LogP) is 4.46. The van der Waals surface area contributed by atoms with Crippen LogP contribution in [0.25, 0.3) is 5.57 Å². The van der Waals surface area contributed by atoms with Crippen molar-refractivity contribution in [3.8, 4) is 0 Å². The van der Waals surface area contributed by atoms with Gasteiger partial charge in [0.25, 0.3) is 5.56 Å². The summed E-state index contributed by atoms with van der Waals surface area (Å²) in [4.78, 5) is 12.0. The maximum atomic E-state index is 12.0. The number of H-pyrrole nitrogens is 1. The van der Waals surface area contributed by atoms with Crippen molar-refractivity contribution < 1.29 is 4.52 Å². The molecular formula is C23H24N2O2. The molecule has 27 heavy (non-hydrogen) atoms. The van der Waals surface area contributed by atoms with E-state index in [9.17, 15) is 4.79 Å². The van der Waals surface area contributed by atoms with E-state index in [1.165, 1.54) is 16.7 Å². The topological polar surface area (TPSA) is 58.0 Å². The second-order valence-corrected chi connectivity index (χ2v) is 6.91. The second-order valence-electron chi connectivity index (χ2n) is 6.91. The molecular weight excluding hydrogens is 336 g/mol. The molecule has 0 saturated heterocycles. The van der Waals surface area contributed by atoms with Crippen LogP contribution in [0.15, 0.2) is 76.1 Å². The molecule has 0 fully saturated rings. The molecule has 4 nitrogen and oxygen atoms in total. The first kappa shape index (κ1) is 17.6. The number of fused-ring (bicyclic) bond motifs is 1. The lowest BCUT2D eigenvalue weighted by Crippen LogP contribution is -2.29. The lowest BCUT2D eigenvalue weighted by atomic mass is 9.93. The van der Waals surface area contributed by atoms with Gasteiger partial charge in [0, 0.05) is 12.5 Å². The minimum atomic E-state index is -0.0907. The van der Waals surface area contributed by atoms with E-state index < -0.39 is 0 Å². The monoisotopic (exact) mass is 360 g/mol. The van der Waals surface area contributed by atoms with Gasteiger partial charge in [0.15, 0.2) is 0 Å². The quantitative estimate of drug-likeness (QED) is 0.638. The highest BCUT2D eigenvalue weighted by molar-refractivity contribution is 5.79. The summed E-state index contributed by atoms with van der Waals surface area (Å²) in [5, 5.41) is 6.02. The highest BCUT2D eigenvalue weighted by Crippen LogP contribution is 2.27. The average molecular weight is 360 g/mol. The molecule has 1 heterocycles. The minimum absolute atomic E-state index is 0.0848. The van der Waals surface area contributed by atoms with Crippen molar-refractivity contribution in [2.24, 2.45) is 0 Å². The van der Waals surface area contributed by atoms with Crippen LogP contribution in [0.2, 0.25) is 0 Å². The number of aromatic nitrogens is 1. The van der Waals surface area contributed by atoms with E-state index in [4.69, 9.17) is 4.52 Å². The first-order chi connectivity index (χ1) is 13.3. The number of rotatable bonds is 6. The van der Waals surface area contributed by atoms with Crippen LogP contribution in [0.1, 0.15) is 47.8 Å². The molecule has 0 radical (unpaired) electrons. The fourth-order valence-corrected chi connectivity index (χ4v) is 3.81. The molecule has 1 unspecified atom stereocenters. The molecule has 4 rings (SSSR count). The van der Waals surface area contributed by atoms with E-state index in [2.05, 4.69) is 65.1 Å². The molecule has 0 bridgehead atoms. The van der Waals surface area contributed by atoms with Crippen LogP contribution in [-0.2, 0) is 6.42 Å². The van der Waals surface area contributed by atoms with Crippen LogP contribution in [0.4, 0.5) is 0 Å². The number of aromatic amines is 1. The van der Waals surface area contributed by atoms with Crippen LogP contribution >= 0.6 is 0 Å². The standard InChI is InChI=1S/C23H24N2O2/c26-23-22-20(14-7-15-21(22)27-25-23)24-16-8-13-19(17-9-3-1-4-10-17)18-11-5-2-6-12-18/h1-6,9-13,20,24H,7-8,14-16H2,(H,25,26). The van der Waals surface area contributed by atoms with Gasteiger partial charge in [-0.15, -0.1) is 0 Å². The Morgan fingerprint density at radius 1 is 1.07 bits per heavy atom. The smallest absolute Gasteiger partial charge is 0.284 e. The number of hydrogen-bond acceptors (Lipinski definition) is 3. The van der Waals surface area contributed by atoms with Gasteiger partial charge >= 0.3 is 0 Å². The van der Waals surface area contributed by atoms with Crippen molar-refractivity contribution >= 4 is 5.57 Å². The number of aryl methyl sites for hydroxylation is 1. The van der Waals surface area contributed by atoms with Gasteiger partial charge < -0.3 is 9.84 Å². The maximum absolute atomic E-state index is 12.0. The summed E-state index contributed by atoms with van der Waals surface area (Å²) in [7, 11) is 0. The van der Waals surface area contributed by atoms with Gasteiger partial charge in [0.1, 0.15) is 5.76 Å². The second kappa shape index (κ2) is 8.23. The molecule has 1 atom stereocenters. The summed E-state index contributed by atoms with van der Waals surface area (Å²) in [5.74, 6) is 0.813. The van der Waals surface area contributed by atoms with Crippen LogP contribution in [0, 0.1) is 0 Å². The van der Waals surface area contributed by atoms with Crippen LogP contribution in [0.5, 0.6) is 0 Å². The highest BCUT2D eigenvalue weighted by atomic mass is 16.5. The van der Waals surface area contributed by atoms with E-state index >= 15 is 0 Å². The molecule has 2 N–H and O–H groups in total. The number of nitrogens with one attached hydrogen (secondary N) is 2. The molecule has 0 saturated carbocycles. The zero-order valence-electron chi connectivity index (χ0n) is 15.3. The van der Waals surface area contributed by atoms with Crippen molar-refractivity contribution in [1.82, 2.24) is 10.5 Å². The Morgan fingerprint density at radius 2 is 1.74 bits per heavy atom. The molecule has 138 valence electrons. The number of benzene rings is 2. The van der Waals surface area contributed by atoms with E-state index in [1.807, 2.05) is 12.1 Å². The third kappa shape index (κ3) is 3.96. The summed E-state index contributed by atoms with van der Waals surface area (Å²) in [6, 6.07) is 21.0. The van der Waals surface area contributed by atoms with Crippen molar-refractivity contribution in [1.29, 1.82) is 0 Å². The summed E-state index contributed by atoms with van der Waals surface area (Å²) in [5.41, 5.74) is 4.37. The Balaban J connectivity index is 1.47. The zero-order valence-corrected chi connectivity index (χ0v) is 15.3. The third-order valence-corrected chi connectivity index (χ3v) is 5.11. The maximum Gasteiger partial charge on any atom is 0.284 e. The predicted molar refractivity (Wildman–Crippen MR) is 108 cm³/mol. The van der Waals surface area contributed by atoms with E-state index in [0.29, 0.717) is 0 Å². The summed E-state index contributed by atoms with van der Waals surface area (Å²) < 4.78 is 5.29. The van der Waals surface area contributed by atoms with Crippen LogP contribution < -0.4 is 10.9 Å². The van der Waals surface area contributed by atoms with Gasteiger partial charge in [-0.3, -0.25) is 4.79 Å². The van der Waals surface area contributed by atoms with Crippen molar-refractivity contribution in [2.45, 2.75) is 31.7 Å². The Kier molecular flexibility index (Phi) is 5.35. The SMILES string of the molecule is O=c1[nH]oc2c1C(NCCC=C(c1ccccc1)c1ccccc1)CCC2. The Bertz CT molecular complexity index is 913. The van der Waals surface area contributed by atoms with Crippen LogP contribution in [0.3, 0.4) is 0 Å². The highest BCUT2D eigenvalue weighted by Gasteiger charge is 2.26. The van der Waals surface area contributed by atoms with E-state index in [0.717, 1.165) is 43.6 Å². The largest absolute Gasteiger partial charge is 0.383 e. The Hall–Kier alpha value is -2.85. The normalized spacial score (nSPS) is 15.9. The van der Waals surface area contributed by atoms with Crippen molar-refractivity contribution in [3.05, 3.63) is 99.5 Å². The summed E-state index contributed by atoms with van der Waals surface area (Å²) in [6.45, 7) is 0.817. The average Bonchev–Trinajstić information content (AvgIpc) is 3.11. The van der Waals surface area contributed by atoms with Gasteiger partial charge in [-0.05, 0) is 42.5 Å². The van der Waals surface area contributed by atoms with Crippen LogP contribution in [-0.4, -0.2) is 11.7 Å². The molecule has 1 aromatic heterocycles. The zero-order chi connectivity index (χ0) is 18.5. The molecule has 0 spiro atoms. The first-order valence-corrected chi connectivity index (χ1v) is 9.57. The van der Waals surface area contributed by atoms with Gasteiger partial charge in [-0.1, -0.05) is 66.7 Å². The Labute approximate surface area is 158 Å². The summed E-state index contributed by atoms with van der Waals surface area (Å²) >= 11 is 0. The molecule has 2 aromatic carbocycles. The van der Waals surface area contributed by atoms with E-state index in [1.54, 1.807) is 0 Å². The molecule has 4 heteroatoms. The Morgan fingerprint density at radius 3 is 2.41 bits per heavy atom. The fourth-order valence-electron chi connectivity index (χ4n) is 3.81. The van der Waals surface area contributed by atoms with Gasteiger partial charge in [-0.2, -0.15) is 5.16 Å².